The van der Waals surface area contributed by atoms with Gasteiger partial charge in [-0.25, -0.2) is 0 Å². The largest absolute Gasteiger partial charge is 0.487 e. The molecule has 0 saturated heterocycles. The fraction of sp³-hybridized carbons (Fsp3) is 0.392. The van der Waals surface area contributed by atoms with Crippen LogP contribution in [0.4, 0.5) is 11.4 Å². The first-order chi connectivity index (χ1) is 33.9. The Morgan fingerprint density at radius 1 is 0.597 bits per heavy atom. The number of aromatic nitrogens is 1. The number of hydrogen-bond acceptors (Lipinski definition) is 15. The van der Waals surface area contributed by atoms with Gasteiger partial charge >= 0.3 is 0 Å². The van der Waals surface area contributed by atoms with Gasteiger partial charge in [0.2, 0.25) is 11.1 Å². The van der Waals surface area contributed by atoms with Gasteiger partial charge in [0.15, 0.2) is 35.9 Å². The first kappa shape index (κ1) is 64.7. The van der Waals surface area contributed by atoms with E-state index < -0.39 is 24.1 Å². The Bertz CT molecular complexity index is 2590. The minimum absolute atomic E-state index is 0.0913. The summed E-state index contributed by atoms with van der Waals surface area (Å²) in [6, 6.07) is 11.2. The standard InChI is InChI=1S/C17H22ClNO5.C17H20ClNO4.C12H16ClNO4.C5H7ClO/c1-10(2)8-14(21)19-17-12(11(3)20)6-7-13(16(17)18)24-9-15(22-4)23-5;1-10(2)7-11-8-13(20)12-5-6-14(16(18)17(12)19-11)23-9-15(21-3)22-4;1-7(15)8-4-5-9(11(13)12(8)14)18-6-10(16-2)17-3;1-4(2)3-5(6)7/h6-8,15H,9H2,1-5H3,(H,19,21);5-8,15H,9H2,1-4H3,(H,19,20);4-5,10H,6,14H2,1-3H3;3H,1-2H3. The maximum Gasteiger partial charge on any atom is 0.248 e. The van der Waals surface area contributed by atoms with Gasteiger partial charge in [0.25, 0.3) is 0 Å². The van der Waals surface area contributed by atoms with Crippen molar-refractivity contribution >= 4 is 97.5 Å². The number of aromatic amines is 1. The number of nitrogen functional groups attached to an aromatic ring is 1. The Balaban J connectivity index is 0.000000510. The molecule has 0 spiro atoms. The number of allylic oxidation sites excluding steroid dienone is 4. The Labute approximate surface area is 440 Å². The monoisotopic (exact) mass is 1080 g/mol. The van der Waals surface area contributed by atoms with Crippen molar-refractivity contribution in [3.05, 3.63) is 113 Å². The second-order valence-corrected chi connectivity index (χ2v) is 17.2. The van der Waals surface area contributed by atoms with Crippen molar-refractivity contribution in [2.75, 3.05) is 73.5 Å². The molecule has 0 saturated carbocycles. The highest BCUT2D eigenvalue weighted by atomic mass is 35.5. The van der Waals surface area contributed by atoms with E-state index in [0.29, 0.717) is 50.0 Å². The van der Waals surface area contributed by atoms with Crippen LogP contribution in [-0.4, -0.2) is 109 Å². The first-order valence-electron chi connectivity index (χ1n) is 21.7. The van der Waals surface area contributed by atoms with Crippen LogP contribution in [-0.2, 0) is 38.0 Å². The van der Waals surface area contributed by atoms with Gasteiger partial charge in [-0.3, -0.25) is 24.0 Å². The van der Waals surface area contributed by atoms with Gasteiger partial charge in [-0.2, -0.15) is 0 Å². The summed E-state index contributed by atoms with van der Waals surface area (Å²) in [6.45, 7) is 14.4. The summed E-state index contributed by atoms with van der Waals surface area (Å²) in [7, 11) is 9.05. The third-order valence-electron chi connectivity index (χ3n) is 9.15. The van der Waals surface area contributed by atoms with E-state index in [2.05, 4.69) is 10.3 Å². The molecule has 4 rings (SSSR count). The summed E-state index contributed by atoms with van der Waals surface area (Å²) in [5, 5.41) is 3.47. The molecule has 1 heterocycles. The zero-order valence-corrected chi connectivity index (χ0v) is 46.0. The lowest BCUT2D eigenvalue weighted by Gasteiger charge is -2.17. The van der Waals surface area contributed by atoms with Crippen molar-refractivity contribution < 1.29 is 61.8 Å². The molecule has 0 atom stereocenters. The van der Waals surface area contributed by atoms with Crippen molar-refractivity contribution in [1.82, 2.24) is 4.98 Å². The molecule has 21 heteroatoms. The number of ether oxygens (including phenoxy) is 9. The van der Waals surface area contributed by atoms with E-state index >= 15 is 0 Å². The van der Waals surface area contributed by atoms with Gasteiger partial charge in [-0.15, -0.1) is 0 Å². The molecule has 0 aliphatic rings. The van der Waals surface area contributed by atoms with Gasteiger partial charge in [0, 0.05) is 77.0 Å². The van der Waals surface area contributed by atoms with E-state index in [0.717, 1.165) is 16.7 Å². The molecule has 72 heavy (non-hydrogen) atoms. The predicted octanol–water partition coefficient (Wildman–Crippen LogP) is 10.9. The number of Topliss-reactive ketones (excluding diaryl/α,β-unsaturated/α-hetero) is 2. The number of pyridine rings is 1. The van der Waals surface area contributed by atoms with Crippen LogP contribution in [0.3, 0.4) is 0 Å². The average Bonchev–Trinajstić information content (AvgIpc) is 3.30. The van der Waals surface area contributed by atoms with E-state index in [9.17, 15) is 24.0 Å². The van der Waals surface area contributed by atoms with Crippen LogP contribution in [0, 0.1) is 0 Å². The molecular weight excluding hydrogens is 1020 g/mol. The quantitative estimate of drug-likeness (QED) is 0.0232. The molecule has 0 unspecified atom stereocenters. The molecule has 0 radical (unpaired) electrons. The van der Waals surface area contributed by atoms with Crippen LogP contribution in [0.15, 0.2) is 76.1 Å². The zero-order valence-electron chi connectivity index (χ0n) is 42.9. The van der Waals surface area contributed by atoms with Crippen molar-refractivity contribution in [1.29, 1.82) is 0 Å². The number of amides is 1. The SMILES string of the molecule is CC(C)=CC(=O)Cl.COC(COc1ccc(C(C)=O)c(N)c1Cl)OC.COC(COc1ccc(C(C)=O)c(NC(=O)C=C(C)C)c1Cl)OC.COC(COc1ccc2c(=O)cc(C=C(C)C)[nH]c2c1Cl)OC. The Hall–Kier alpha value is -5.31. The molecule has 0 fully saturated rings. The number of benzene rings is 3. The van der Waals surface area contributed by atoms with Gasteiger partial charge in [0.05, 0.1) is 16.9 Å². The topological polar surface area (TPSA) is 222 Å². The van der Waals surface area contributed by atoms with E-state index in [1.165, 1.54) is 68.7 Å². The highest BCUT2D eigenvalue weighted by Gasteiger charge is 2.19. The van der Waals surface area contributed by atoms with Crippen LogP contribution in [0.5, 0.6) is 17.2 Å². The molecule has 396 valence electrons. The van der Waals surface area contributed by atoms with Gasteiger partial charge in [0.1, 0.15) is 52.1 Å². The van der Waals surface area contributed by atoms with Crippen LogP contribution in [0.2, 0.25) is 15.1 Å². The highest BCUT2D eigenvalue weighted by Crippen LogP contribution is 2.36. The van der Waals surface area contributed by atoms with Gasteiger partial charge in [-0.05, 0) is 116 Å². The lowest BCUT2D eigenvalue weighted by atomic mass is 10.1. The van der Waals surface area contributed by atoms with E-state index in [1.54, 1.807) is 56.3 Å². The number of fused-ring (bicyclic) bond motifs is 1. The summed E-state index contributed by atoms with van der Waals surface area (Å²) in [5.74, 6) is 0.424. The number of nitrogens with one attached hydrogen (secondary N) is 2. The third-order valence-corrected chi connectivity index (χ3v) is 10.4. The number of methoxy groups -OCH3 is 6. The number of carbonyl (C=O) groups excluding carboxylic acids is 4. The highest BCUT2D eigenvalue weighted by molar-refractivity contribution is 6.66. The lowest BCUT2D eigenvalue weighted by Crippen LogP contribution is -2.22. The second kappa shape index (κ2) is 33.4. The van der Waals surface area contributed by atoms with E-state index in [-0.39, 0.29) is 64.1 Å². The maximum atomic E-state index is 12.2. The molecule has 1 aromatic heterocycles. The molecule has 1 amide bonds. The summed E-state index contributed by atoms with van der Waals surface area (Å²) in [6.07, 6.45) is 3.14. The average molecular weight is 1090 g/mol. The fourth-order valence-corrected chi connectivity index (χ4v) is 6.65. The molecule has 0 aliphatic carbocycles. The molecule has 17 nitrogen and oxygen atoms in total. The number of rotatable bonds is 21. The Morgan fingerprint density at radius 3 is 1.40 bits per heavy atom. The number of H-pyrrole nitrogens is 1. The molecule has 0 aliphatic heterocycles. The Morgan fingerprint density at radius 2 is 1.01 bits per heavy atom. The number of carbonyl (C=O) groups is 4. The van der Waals surface area contributed by atoms with Crippen LogP contribution in [0.25, 0.3) is 17.0 Å². The van der Waals surface area contributed by atoms with Crippen LogP contribution >= 0.6 is 46.4 Å². The van der Waals surface area contributed by atoms with E-state index in [4.69, 9.17) is 94.8 Å². The number of hydrogen-bond donors (Lipinski definition) is 3. The van der Waals surface area contributed by atoms with Gasteiger partial charge < -0.3 is 58.7 Å². The lowest BCUT2D eigenvalue weighted by molar-refractivity contribution is -0.122. The summed E-state index contributed by atoms with van der Waals surface area (Å²) in [5.41, 5.74) is 10.9. The smallest absolute Gasteiger partial charge is 0.248 e. The van der Waals surface area contributed by atoms with Crippen LogP contribution < -0.4 is 30.7 Å². The first-order valence-corrected chi connectivity index (χ1v) is 23.2. The predicted molar refractivity (Wildman–Crippen MR) is 284 cm³/mol. The number of nitrogens with two attached hydrogens (primary N) is 1. The normalized spacial score (nSPS) is 10.5. The molecule has 3 aromatic carbocycles. The second-order valence-electron chi connectivity index (χ2n) is 15.7. The molecular formula is C51H65Cl4N3O14. The fourth-order valence-electron chi connectivity index (χ4n) is 5.68. The van der Waals surface area contributed by atoms with E-state index in [1.807, 2.05) is 33.8 Å². The van der Waals surface area contributed by atoms with Crippen molar-refractivity contribution in [2.24, 2.45) is 0 Å². The number of halogens is 4. The van der Waals surface area contributed by atoms with Crippen LogP contribution in [0.1, 0.15) is 81.8 Å². The number of ketones is 2. The molecule has 4 aromatic rings. The molecule has 4 N–H and O–H groups in total. The van der Waals surface area contributed by atoms with Gasteiger partial charge in [-0.1, -0.05) is 51.5 Å². The minimum atomic E-state index is -0.558. The van der Waals surface area contributed by atoms with Crippen molar-refractivity contribution in [2.45, 2.75) is 74.3 Å². The minimum Gasteiger partial charge on any atom is -0.487 e. The zero-order chi connectivity index (χ0) is 54.8. The summed E-state index contributed by atoms with van der Waals surface area (Å²) in [4.78, 5) is 60.4. The third kappa shape index (κ3) is 22.2. The maximum absolute atomic E-state index is 12.2. The Kier molecular flexibility index (Phi) is 30.0. The van der Waals surface area contributed by atoms with Crippen molar-refractivity contribution in [3.63, 3.8) is 0 Å². The summed E-state index contributed by atoms with van der Waals surface area (Å²) >= 11 is 23.7. The number of anilines is 2. The summed E-state index contributed by atoms with van der Waals surface area (Å²) < 4.78 is 46.8. The van der Waals surface area contributed by atoms with Crippen molar-refractivity contribution in [3.8, 4) is 17.2 Å². The molecule has 0 bridgehead atoms.